The van der Waals surface area contributed by atoms with Gasteiger partial charge in [-0.3, -0.25) is 20.3 Å². The van der Waals surface area contributed by atoms with Crippen LogP contribution in [0.1, 0.15) is 0 Å². The highest BCUT2D eigenvalue weighted by atomic mass is 16.6. The fourth-order valence-corrected chi connectivity index (χ4v) is 1.91. The van der Waals surface area contributed by atoms with Gasteiger partial charge in [0.1, 0.15) is 6.61 Å². The number of nitro groups is 1. The maximum absolute atomic E-state index is 11.6. The molecule has 8 nitrogen and oxygen atoms in total. The first kappa shape index (κ1) is 15.2. The average Bonchev–Trinajstić information content (AvgIpc) is 2.49. The van der Waals surface area contributed by atoms with Gasteiger partial charge in [0.05, 0.1) is 18.1 Å². The Bertz CT molecular complexity index is 485. The van der Waals surface area contributed by atoms with Crippen molar-refractivity contribution in [2.24, 2.45) is 0 Å². The third kappa shape index (κ3) is 5.01. The van der Waals surface area contributed by atoms with E-state index in [2.05, 4.69) is 10.2 Å². The summed E-state index contributed by atoms with van der Waals surface area (Å²) in [6, 6.07) is 5.56. The van der Waals surface area contributed by atoms with Crippen LogP contribution in [0.5, 0.6) is 0 Å². The molecule has 0 bridgehead atoms. The molecule has 0 unspecified atom stereocenters. The molecule has 1 aromatic rings. The number of carbonyl (C=O) groups excluding carboxylic acids is 1. The second-order valence-corrected chi connectivity index (χ2v) is 4.52. The molecule has 0 aromatic heterocycles. The molecular formula is C13H17N3O5. The van der Waals surface area contributed by atoms with Gasteiger partial charge in [0.15, 0.2) is 0 Å². The van der Waals surface area contributed by atoms with E-state index in [0.29, 0.717) is 32.1 Å². The summed E-state index contributed by atoms with van der Waals surface area (Å²) in [5.74, 6) is 0. The van der Waals surface area contributed by atoms with Crippen molar-refractivity contribution in [3.05, 3.63) is 34.4 Å². The van der Waals surface area contributed by atoms with Crippen LogP contribution >= 0.6 is 0 Å². The highest BCUT2D eigenvalue weighted by Crippen LogP contribution is 2.15. The summed E-state index contributed by atoms with van der Waals surface area (Å²) in [5.41, 5.74) is 0.429. The lowest BCUT2D eigenvalue weighted by Gasteiger charge is -2.26. The van der Waals surface area contributed by atoms with Gasteiger partial charge >= 0.3 is 6.09 Å². The van der Waals surface area contributed by atoms with Crippen molar-refractivity contribution in [1.82, 2.24) is 4.90 Å². The summed E-state index contributed by atoms with van der Waals surface area (Å²) in [7, 11) is 0. The number of carbonyl (C=O) groups is 1. The number of rotatable bonds is 5. The van der Waals surface area contributed by atoms with E-state index in [9.17, 15) is 14.9 Å². The molecule has 0 spiro atoms. The summed E-state index contributed by atoms with van der Waals surface area (Å²) < 4.78 is 10.3. The standard InChI is InChI=1S/C13H17N3O5/c17-13(21-10-7-15-5-8-20-9-6-15)14-11-1-3-12(4-2-11)16(18)19/h1-4H,5-10H2,(H,14,17). The molecule has 114 valence electrons. The van der Waals surface area contributed by atoms with Crippen LogP contribution < -0.4 is 5.32 Å². The maximum Gasteiger partial charge on any atom is 0.411 e. The minimum Gasteiger partial charge on any atom is -0.448 e. The number of nitro benzene ring substituents is 1. The molecule has 0 radical (unpaired) electrons. The van der Waals surface area contributed by atoms with Crippen molar-refractivity contribution in [1.29, 1.82) is 0 Å². The van der Waals surface area contributed by atoms with Gasteiger partial charge in [-0.25, -0.2) is 4.79 Å². The van der Waals surface area contributed by atoms with Crippen molar-refractivity contribution in [3.63, 3.8) is 0 Å². The average molecular weight is 295 g/mol. The number of amides is 1. The van der Waals surface area contributed by atoms with Crippen LogP contribution in [-0.2, 0) is 9.47 Å². The van der Waals surface area contributed by atoms with Crippen molar-refractivity contribution in [3.8, 4) is 0 Å². The number of ether oxygens (including phenoxy) is 2. The van der Waals surface area contributed by atoms with E-state index >= 15 is 0 Å². The molecular weight excluding hydrogens is 278 g/mol. The Labute approximate surface area is 121 Å². The lowest BCUT2D eigenvalue weighted by atomic mass is 10.3. The van der Waals surface area contributed by atoms with Crippen LogP contribution in [-0.4, -0.2) is 55.4 Å². The van der Waals surface area contributed by atoms with Crippen molar-refractivity contribution in [2.45, 2.75) is 0 Å². The zero-order valence-electron chi connectivity index (χ0n) is 11.5. The quantitative estimate of drug-likeness (QED) is 0.653. The van der Waals surface area contributed by atoms with E-state index in [1.54, 1.807) is 0 Å². The van der Waals surface area contributed by atoms with Crippen LogP contribution in [0.3, 0.4) is 0 Å². The number of nitrogens with zero attached hydrogens (tertiary/aromatic N) is 2. The van der Waals surface area contributed by atoms with Crippen LogP contribution in [0.2, 0.25) is 0 Å². The summed E-state index contributed by atoms with van der Waals surface area (Å²) in [5, 5.41) is 13.0. The smallest absolute Gasteiger partial charge is 0.411 e. The maximum atomic E-state index is 11.6. The zero-order valence-corrected chi connectivity index (χ0v) is 11.5. The Morgan fingerprint density at radius 1 is 1.33 bits per heavy atom. The first-order chi connectivity index (χ1) is 10.1. The van der Waals surface area contributed by atoms with Gasteiger partial charge in [-0.2, -0.15) is 0 Å². The summed E-state index contributed by atoms with van der Waals surface area (Å²) in [6.07, 6.45) is -0.572. The molecule has 1 saturated heterocycles. The molecule has 1 aliphatic heterocycles. The Kier molecular flexibility index (Phi) is 5.47. The zero-order chi connectivity index (χ0) is 15.1. The van der Waals surface area contributed by atoms with Gasteiger partial charge in [-0.15, -0.1) is 0 Å². The van der Waals surface area contributed by atoms with Gasteiger partial charge in [0.25, 0.3) is 5.69 Å². The summed E-state index contributed by atoms with van der Waals surface area (Å²) in [6.45, 7) is 4.04. The molecule has 1 aromatic carbocycles. The second-order valence-electron chi connectivity index (χ2n) is 4.52. The van der Waals surface area contributed by atoms with Crippen molar-refractivity contribution >= 4 is 17.5 Å². The molecule has 1 N–H and O–H groups in total. The third-order valence-electron chi connectivity index (χ3n) is 3.07. The highest BCUT2D eigenvalue weighted by Gasteiger charge is 2.11. The topological polar surface area (TPSA) is 93.9 Å². The van der Waals surface area contributed by atoms with Gasteiger partial charge < -0.3 is 9.47 Å². The van der Waals surface area contributed by atoms with Gasteiger partial charge in [-0.05, 0) is 12.1 Å². The monoisotopic (exact) mass is 295 g/mol. The minimum absolute atomic E-state index is 0.0266. The summed E-state index contributed by atoms with van der Waals surface area (Å²) in [4.78, 5) is 23.7. The largest absolute Gasteiger partial charge is 0.448 e. The van der Waals surface area contributed by atoms with Crippen LogP contribution in [0.4, 0.5) is 16.2 Å². The predicted molar refractivity (Wildman–Crippen MR) is 75.3 cm³/mol. The second kappa shape index (κ2) is 7.55. The Balaban J connectivity index is 1.70. The first-order valence-electron chi connectivity index (χ1n) is 6.63. The molecule has 8 heteroatoms. The van der Waals surface area contributed by atoms with E-state index in [1.165, 1.54) is 24.3 Å². The Hall–Kier alpha value is -2.19. The fraction of sp³-hybridized carbons (Fsp3) is 0.462. The van der Waals surface area contributed by atoms with Gasteiger partial charge in [0.2, 0.25) is 0 Å². The Morgan fingerprint density at radius 3 is 2.62 bits per heavy atom. The number of benzene rings is 1. The van der Waals surface area contributed by atoms with Crippen LogP contribution in [0, 0.1) is 10.1 Å². The highest BCUT2D eigenvalue weighted by molar-refractivity contribution is 5.84. The normalized spacial score (nSPS) is 15.4. The molecule has 0 atom stereocenters. The van der Waals surface area contributed by atoms with Crippen molar-refractivity contribution in [2.75, 3.05) is 44.8 Å². The number of hydrogen-bond acceptors (Lipinski definition) is 6. The van der Waals surface area contributed by atoms with Crippen LogP contribution in [0.15, 0.2) is 24.3 Å². The fourth-order valence-electron chi connectivity index (χ4n) is 1.91. The first-order valence-corrected chi connectivity index (χ1v) is 6.63. The minimum atomic E-state index is -0.572. The van der Waals surface area contributed by atoms with E-state index in [1.807, 2.05) is 0 Å². The molecule has 1 amide bonds. The van der Waals surface area contributed by atoms with E-state index in [4.69, 9.17) is 9.47 Å². The van der Waals surface area contributed by atoms with E-state index < -0.39 is 11.0 Å². The molecule has 1 aliphatic rings. The van der Waals surface area contributed by atoms with Crippen LogP contribution in [0.25, 0.3) is 0 Å². The SMILES string of the molecule is O=C(Nc1ccc([N+](=O)[O-])cc1)OCCN1CCOCC1. The molecule has 1 heterocycles. The van der Waals surface area contributed by atoms with Gasteiger partial charge in [0, 0.05) is 37.5 Å². The molecule has 1 fully saturated rings. The molecule has 0 saturated carbocycles. The number of anilines is 1. The number of non-ortho nitro benzene ring substituents is 1. The van der Waals surface area contributed by atoms with E-state index in [0.717, 1.165) is 13.1 Å². The van der Waals surface area contributed by atoms with Gasteiger partial charge in [-0.1, -0.05) is 0 Å². The molecule has 2 rings (SSSR count). The summed E-state index contributed by atoms with van der Waals surface area (Å²) >= 11 is 0. The van der Waals surface area contributed by atoms with E-state index in [-0.39, 0.29) is 5.69 Å². The lowest BCUT2D eigenvalue weighted by Crippen LogP contribution is -2.38. The van der Waals surface area contributed by atoms with Crippen molar-refractivity contribution < 1.29 is 19.2 Å². The molecule has 21 heavy (non-hydrogen) atoms. The Morgan fingerprint density at radius 2 is 2.00 bits per heavy atom. The number of nitrogens with one attached hydrogen (secondary N) is 1. The number of morpholine rings is 1. The lowest BCUT2D eigenvalue weighted by molar-refractivity contribution is -0.384. The predicted octanol–water partition coefficient (Wildman–Crippen LogP) is 1.48. The molecule has 0 aliphatic carbocycles. The third-order valence-corrected chi connectivity index (χ3v) is 3.07. The number of hydrogen-bond donors (Lipinski definition) is 1.